The van der Waals surface area contributed by atoms with Crippen LogP contribution in [0.3, 0.4) is 0 Å². The molecule has 1 heterocycles. The highest BCUT2D eigenvalue weighted by molar-refractivity contribution is 6.06. The molecule has 6 heteroatoms. The van der Waals surface area contributed by atoms with Crippen LogP contribution in [-0.4, -0.2) is 36.6 Å². The maximum atomic E-state index is 12.2. The maximum absolute atomic E-state index is 12.2. The fourth-order valence-electron chi connectivity index (χ4n) is 3.34. The molecule has 1 N–H and O–H groups in total. The monoisotopic (exact) mass is 250 g/mol. The summed E-state index contributed by atoms with van der Waals surface area (Å²) in [6, 6.07) is 0. The summed E-state index contributed by atoms with van der Waals surface area (Å²) in [4.78, 5) is 36.4. The van der Waals surface area contributed by atoms with Crippen LogP contribution in [0.25, 0.3) is 0 Å². The Morgan fingerprint density at radius 3 is 2.39 bits per heavy atom. The van der Waals surface area contributed by atoms with Gasteiger partial charge in [0.15, 0.2) is 0 Å². The van der Waals surface area contributed by atoms with Crippen LogP contribution in [0.1, 0.15) is 6.42 Å². The lowest BCUT2D eigenvalue weighted by molar-refractivity contribution is -0.140. The summed E-state index contributed by atoms with van der Waals surface area (Å²) in [5.74, 6) is -0.380. The van der Waals surface area contributed by atoms with Crippen LogP contribution in [0.4, 0.5) is 4.79 Å². The number of carbonyl (C=O) groups is 3. The number of fused-ring (bicyclic) bond motifs is 5. The number of rotatable bonds is 2. The van der Waals surface area contributed by atoms with Gasteiger partial charge in [-0.25, -0.2) is 4.79 Å². The van der Waals surface area contributed by atoms with E-state index in [1.54, 1.807) is 0 Å². The molecule has 1 aliphatic heterocycles. The first kappa shape index (κ1) is 11.3. The number of nitrogens with zero attached hydrogens (tertiary/aromatic N) is 1. The van der Waals surface area contributed by atoms with Gasteiger partial charge < -0.3 is 10.1 Å². The van der Waals surface area contributed by atoms with Gasteiger partial charge in [0.2, 0.25) is 11.8 Å². The number of methoxy groups -OCH3 is 1. The van der Waals surface area contributed by atoms with Crippen molar-refractivity contribution >= 4 is 17.9 Å². The fraction of sp³-hybridized carbons (Fsp3) is 0.583. The Balaban J connectivity index is 1.74. The summed E-state index contributed by atoms with van der Waals surface area (Å²) < 4.78 is 4.42. The predicted octanol–water partition coefficient (Wildman–Crippen LogP) is 0.107. The Kier molecular flexibility index (Phi) is 2.39. The molecule has 6 nitrogen and oxygen atoms in total. The van der Waals surface area contributed by atoms with Crippen molar-refractivity contribution in [2.45, 2.75) is 6.42 Å². The highest BCUT2D eigenvalue weighted by Crippen LogP contribution is 2.52. The van der Waals surface area contributed by atoms with Gasteiger partial charge in [-0.3, -0.25) is 14.5 Å². The third-order valence-corrected chi connectivity index (χ3v) is 4.13. The van der Waals surface area contributed by atoms with Gasteiger partial charge in [0.05, 0.1) is 18.9 Å². The molecule has 3 amide bonds. The standard InChI is InChI=1S/C12H14N2O4/c1-18-12(17)13-5-14-10(15)8-6-2-3-7(4-6)9(8)11(14)16/h2-3,6-9H,4-5H2,1H3,(H,13,17)/t6-,7-,8-,9-/m0/s1. The van der Waals surface area contributed by atoms with Gasteiger partial charge in [0.1, 0.15) is 6.67 Å². The smallest absolute Gasteiger partial charge is 0.408 e. The molecule has 18 heavy (non-hydrogen) atoms. The molecule has 2 bridgehead atoms. The number of amides is 3. The van der Waals surface area contributed by atoms with Gasteiger partial charge in [0, 0.05) is 0 Å². The van der Waals surface area contributed by atoms with Crippen LogP contribution in [0.15, 0.2) is 12.2 Å². The SMILES string of the molecule is COC(=O)NCN1C(=O)[C@@H]2[C@@H](C1=O)[C@H]1C=C[C@H]2C1. The molecule has 2 fully saturated rings. The molecule has 0 aromatic heterocycles. The normalized spacial score (nSPS) is 36.2. The molecule has 0 spiro atoms. The molecule has 3 aliphatic rings. The van der Waals surface area contributed by atoms with Gasteiger partial charge in [-0.05, 0) is 18.3 Å². The first-order valence-electron chi connectivity index (χ1n) is 5.99. The summed E-state index contributed by atoms with van der Waals surface area (Å²) in [6.45, 7) is -0.100. The average Bonchev–Trinajstić information content (AvgIpc) is 3.02. The second-order valence-electron chi connectivity index (χ2n) is 4.93. The Hall–Kier alpha value is -1.85. The number of hydrogen-bond donors (Lipinski definition) is 1. The van der Waals surface area contributed by atoms with E-state index in [0.29, 0.717) is 0 Å². The lowest BCUT2D eigenvalue weighted by atomic mass is 9.85. The summed E-state index contributed by atoms with van der Waals surface area (Å²) in [6.07, 6.45) is 4.34. The number of allylic oxidation sites excluding steroid dienone is 2. The zero-order chi connectivity index (χ0) is 12.9. The lowest BCUT2D eigenvalue weighted by Gasteiger charge is -2.17. The van der Waals surface area contributed by atoms with E-state index in [0.717, 1.165) is 11.3 Å². The summed E-state index contributed by atoms with van der Waals surface area (Å²) in [7, 11) is 1.24. The lowest BCUT2D eigenvalue weighted by Crippen LogP contribution is -2.42. The third kappa shape index (κ3) is 1.38. The van der Waals surface area contributed by atoms with Gasteiger partial charge >= 0.3 is 6.09 Å². The van der Waals surface area contributed by atoms with Gasteiger partial charge in [-0.1, -0.05) is 12.2 Å². The molecular weight excluding hydrogens is 236 g/mol. The molecule has 0 radical (unpaired) electrons. The minimum absolute atomic E-state index is 0.100. The first-order valence-corrected chi connectivity index (χ1v) is 5.99. The van der Waals surface area contributed by atoms with E-state index < -0.39 is 6.09 Å². The number of ether oxygens (including phenoxy) is 1. The number of nitrogens with one attached hydrogen (secondary N) is 1. The van der Waals surface area contributed by atoms with Gasteiger partial charge in [0.25, 0.3) is 0 Å². The zero-order valence-electron chi connectivity index (χ0n) is 9.96. The molecule has 96 valence electrons. The Bertz CT molecular complexity index is 429. The van der Waals surface area contributed by atoms with Crippen molar-refractivity contribution in [2.75, 3.05) is 13.8 Å². The number of alkyl carbamates (subject to hydrolysis) is 1. The summed E-state index contributed by atoms with van der Waals surface area (Å²) in [5.41, 5.74) is 0. The molecule has 1 saturated carbocycles. The molecule has 0 aromatic rings. The van der Waals surface area contributed by atoms with E-state index in [1.807, 2.05) is 12.2 Å². The Morgan fingerprint density at radius 1 is 1.33 bits per heavy atom. The van der Waals surface area contributed by atoms with Gasteiger partial charge in [-0.15, -0.1) is 0 Å². The highest BCUT2D eigenvalue weighted by Gasteiger charge is 2.59. The molecule has 4 atom stereocenters. The third-order valence-electron chi connectivity index (χ3n) is 4.13. The summed E-state index contributed by atoms with van der Waals surface area (Å²) >= 11 is 0. The predicted molar refractivity (Wildman–Crippen MR) is 60.0 cm³/mol. The van der Waals surface area contributed by atoms with Crippen molar-refractivity contribution in [1.29, 1.82) is 0 Å². The first-order chi connectivity index (χ1) is 8.63. The molecule has 0 aromatic carbocycles. The Labute approximate surface area is 104 Å². The van der Waals surface area contributed by atoms with Crippen molar-refractivity contribution in [2.24, 2.45) is 23.7 Å². The number of likely N-dealkylation sites (tertiary alicyclic amines) is 1. The van der Waals surface area contributed by atoms with E-state index in [1.165, 1.54) is 7.11 Å². The van der Waals surface area contributed by atoms with E-state index >= 15 is 0 Å². The van der Waals surface area contributed by atoms with Crippen LogP contribution in [0, 0.1) is 23.7 Å². The average molecular weight is 250 g/mol. The second kappa shape index (κ2) is 3.83. The van der Waals surface area contributed by atoms with Crippen molar-refractivity contribution in [3.8, 4) is 0 Å². The number of carbonyl (C=O) groups excluding carboxylic acids is 3. The zero-order valence-corrected chi connectivity index (χ0v) is 9.96. The topological polar surface area (TPSA) is 75.7 Å². The van der Waals surface area contributed by atoms with Crippen LogP contribution in [-0.2, 0) is 14.3 Å². The van der Waals surface area contributed by atoms with Crippen molar-refractivity contribution in [3.05, 3.63) is 12.2 Å². The summed E-state index contributed by atoms with van der Waals surface area (Å²) in [5, 5.41) is 2.38. The molecule has 1 saturated heterocycles. The van der Waals surface area contributed by atoms with E-state index in [4.69, 9.17) is 0 Å². The largest absolute Gasteiger partial charge is 0.453 e. The quantitative estimate of drug-likeness (QED) is 0.557. The van der Waals surface area contributed by atoms with Crippen LogP contribution >= 0.6 is 0 Å². The van der Waals surface area contributed by atoms with E-state index in [2.05, 4.69) is 10.1 Å². The molecular formula is C12H14N2O4. The van der Waals surface area contributed by atoms with Gasteiger partial charge in [-0.2, -0.15) is 0 Å². The minimum atomic E-state index is -0.645. The van der Waals surface area contributed by atoms with Crippen LogP contribution in [0.5, 0.6) is 0 Å². The highest BCUT2D eigenvalue weighted by atomic mass is 16.5. The molecule has 0 unspecified atom stereocenters. The maximum Gasteiger partial charge on any atom is 0.408 e. The van der Waals surface area contributed by atoms with E-state index in [-0.39, 0.29) is 42.2 Å². The van der Waals surface area contributed by atoms with Crippen LogP contribution in [0.2, 0.25) is 0 Å². The van der Waals surface area contributed by atoms with Crippen LogP contribution < -0.4 is 5.32 Å². The second-order valence-corrected chi connectivity index (χ2v) is 4.93. The number of hydrogen-bond acceptors (Lipinski definition) is 4. The Morgan fingerprint density at radius 2 is 1.89 bits per heavy atom. The van der Waals surface area contributed by atoms with Crippen molar-refractivity contribution < 1.29 is 19.1 Å². The van der Waals surface area contributed by atoms with Crippen molar-refractivity contribution in [1.82, 2.24) is 10.2 Å². The molecule has 2 aliphatic carbocycles. The number of imide groups is 1. The van der Waals surface area contributed by atoms with E-state index in [9.17, 15) is 14.4 Å². The fourth-order valence-corrected chi connectivity index (χ4v) is 3.34. The molecule has 3 rings (SSSR count). The minimum Gasteiger partial charge on any atom is -0.453 e. The van der Waals surface area contributed by atoms with Crippen molar-refractivity contribution in [3.63, 3.8) is 0 Å².